The van der Waals surface area contributed by atoms with Gasteiger partial charge in [-0.15, -0.1) is 24.0 Å². The second kappa shape index (κ2) is 11.4. The van der Waals surface area contributed by atoms with Crippen LogP contribution in [0.4, 0.5) is 5.69 Å². The molecule has 2 aromatic carbocycles. The van der Waals surface area contributed by atoms with Crippen LogP contribution in [0.3, 0.4) is 0 Å². The van der Waals surface area contributed by atoms with Gasteiger partial charge in [0, 0.05) is 32.9 Å². The Labute approximate surface area is 194 Å². The highest BCUT2D eigenvalue weighted by atomic mass is 127. The van der Waals surface area contributed by atoms with Crippen LogP contribution in [-0.4, -0.2) is 30.9 Å². The van der Waals surface area contributed by atoms with Crippen molar-refractivity contribution in [2.75, 3.05) is 19.4 Å². The van der Waals surface area contributed by atoms with Crippen LogP contribution in [0.2, 0.25) is 0 Å². The number of aryl methyl sites for hydroxylation is 1. The summed E-state index contributed by atoms with van der Waals surface area (Å²) in [6, 6.07) is 19.5. The molecule has 158 valence electrons. The molecule has 0 saturated heterocycles. The van der Waals surface area contributed by atoms with Crippen LogP contribution in [0.1, 0.15) is 27.2 Å². The van der Waals surface area contributed by atoms with Crippen molar-refractivity contribution in [3.05, 3.63) is 89.4 Å². The Bertz CT molecular complexity index is 952. The van der Waals surface area contributed by atoms with Gasteiger partial charge in [-0.25, -0.2) is 0 Å². The zero-order valence-corrected chi connectivity index (χ0v) is 19.7. The van der Waals surface area contributed by atoms with Crippen LogP contribution in [-0.2, 0) is 13.1 Å². The Morgan fingerprint density at radius 2 is 1.70 bits per heavy atom. The fourth-order valence-electron chi connectivity index (χ4n) is 2.91. The third-order valence-electron chi connectivity index (χ3n) is 4.52. The molecule has 1 aromatic heterocycles. The molecule has 0 bridgehead atoms. The van der Waals surface area contributed by atoms with Crippen molar-refractivity contribution in [3.8, 4) is 0 Å². The van der Waals surface area contributed by atoms with Crippen LogP contribution >= 0.6 is 24.0 Å². The lowest BCUT2D eigenvalue weighted by Gasteiger charge is -2.22. The number of guanidine groups is 1. The summed E-state index contributed by atoms with van der Waals surface area (Å²) in [5.74, 6) is 0.843. The lowest BCUT2D eigenvalue weighted by molar-refractivity contribution is 0.0996. The van der Waals surface area contributed by atoms with Gasteiger partial charge in [-0.05, 0) is 42.3 Å². The first-order valence-corrected chi connectivity index (χ1v) is 9.46. The molecule has 1 amide bonds. The Balaban J connectivity index is 0.00000320. The molecule has 6 nitrogen and oxygen atoms in total. The van der Waals surface area contributed by atoms with Crippen LogP contribution < -0.4 is 10.6 Å². The number of amides is 1. The van der Waals surface area contributed by atoms with Crippen molar-refractivity contribution in [1.82, 2.24) is 10.2 Å². The van der Waals surface area contributed by atoms with Gasteiger partial charge >= 0.3 is 0 Å². The van der Waals surface area contributed by atoms with E-state index >= 15 is 0 Å². The Morgan fingerprint density at radius 1 is 1.03 bits per heavy atom. The van der Waals surface area contributed by atoms with E-state index in [0.29, 0.717) is 6.54 Å². The van der Waals surface area contributed by atoms with Crippen LogP contribution in [0.15, 0.2) is 76.3 Å². The number of furan rings is 1. The lowest BCUT2D eigenvalue weighted by atomic mass is 10.1. The number of aliphatic imine (C=N–C) groups is 1. The zero-order chi connectivity index (χ0) is 20.6. The third kappa shape index (κ3) is 6.62. The first-order valence-electron chi connectivity index (χ1n) is 9.46. The second-order valence-corrected chi connectivity index (χ2v) is 6.87. The summed E-state index contributed by atoms with van der Waals surface area (Å²) in [6.45, 7) is 3.50. The van der Waals surface area contributed by atoms with Crippen molar-refractivity contribution in [1.29, 1.82) is 0 Å². The molecule has 3 aromatic rings. The quantitative estimate of drug-likeness (QED) is 0.283. The van der Waals surface area contributed by atoms with E-state index in [1.54, 1.807) is 19.2 Å². The number of halogens is 1. The minimum atomic E-state index is -0.265. The van der Waals surface area contributed by atoms with E-state index in [0.717, 1.165) is 23.8 Å². The van der Waals surface area contributed by atoms with Crippen molar-refractivity contribution >= 4 is 41.5 Å². The van der Waals surface area contributed by atoms with E-state index in [2.05, 4.69) is 51.7 Å². The van der Waals surface area contributed by atoms with Gasteiger partial charge < -0.3 is 20.0 Å². The standard InChI is InChI=1S/C23H26N4O2.HI/c1-17-6-8-19(9-7-17)16-27(3)23(24-2)25-15-18-10-12-20(13-11-18)26-22(28)21-5-4-14-29-21;/h4-14H,15-16H2,1-3H3,(H,24,25)(H,26,28);1H. The summed E-state index contributed by atoms with van der Waals surface area (Å²) in [7, 11) is 3.80. The summed E-state index contributed by atoms with van der Waals surface area (Å²) in [5, 5.41) is 6.19. The van der Waals surface area contributed by atoms with Crippen molar-refractivity contribution in [2.24, 2.45) is 4.99 Å². The molecule has 0 radical (unpaired) electrons. The lowest BCUT2D eigenvalue weighted by Crippen LogP contribution is -2.38. The number of rotatable bonds is 6. The molecular formula is C23H27IN4O2. The summed E-state index contributed by atoms with van der Waals surface area (Å²) in [6.07, 6.45) is 1.48. The van der Waals surface area contributed by atoms with E-state index < -0.39 is 0 Å². The van der Waals surface area contributed by atoms with Crippen molar-refractivity contribution in [3.63, 3.8) is 0 Å². The smallest absolute Gasteiger partial charge is 0.291 e. The molecular weight excluding hydrogens is 491 g/mol. The van der Waals surface area contributed by atoms with Gasteiger partial charge in [-0.3, -0.25) is 9.79 Å². The van der Waals surface area contributed by atoms with E-state index in [9.17, 15) is 4.79 Å². The molecule has 0 aliphatic rings. The SMILES string of the molecule is CN=C(NCc1ccc(NC(=O)c2ccco2)cc1)N(C)Cc1ccc(C)cc1.I. The minimum absolute atomic E-state index is 0. The normalized spacial score (nSPS) is 10.8. The Kier molecular flexibility index (Phi) is 8.91. The van der Waals surface area contributed by atoms with Crippen LogP contribution in [0, 0.1) is 6.92 Å². The molecule has 30 heavy (non-hydrogen) atoms. The molecule has 3 rings (SSSR count). The van der Waals surface area contributed by atoms with E-state index in [-0.39, 0.29) is 35.6 Å². The number of hydrogen-bond acceptors (Lipinski definition) is 3. The number of nitrogens with zero attached hydrogens (tertiary/aromatic N) is 2. The topological polar surface area (TPSA) is 69.9 Å². The fraction of sp³-hybridized carbons (Fsp3) is 0.217. The van der Waals surface area contributed by atoms with Gasteiger partial charge in [0.05, 0.1) is 6.26 Å². The maximum atomic E-state index is 12.0. The molecule has 0 aliphatic carbocycles. The molecule has 0 unspecified atom stereocenters. The maximum Gasteiger partial charge on any atom is 0.291 e. The summed E-state index contributed by atoms with van der Waals surface area (Å²) in [4.78, 5) is 18.5. The third-order valence-corrected chi connectivity index (χ3v) is 4.52. The molecule has 0 atom stereocenters. The predicted molar refractivity (Wildman–Crippen MR) is 131 cm³/mol. The molecule has 0 aliphatic heterocycles. The van der Waals surface area contributed by atoms with Crippen LogP contribution in [0.5, 0.6) is 0 Å². The average Bonchev–Trinajstić information content (AvgIpc) is 3.26. The van der Waals surface area contributed by atoms with Gasteiger partial charge in [0.15, 0.2) is 11.7 Å². The van der Waals surface area contributed by atoms with Crippen LogP contribution in [0.25, 0.3) is 0 Å². The first-order chi connectivity index (χ1) is 14.0. The highest BCUT2D eigenvalue weighted by molar-refractivity contribution is 14.0. The minimum Gasteiger partial charge on any atom is -0.459 e. The Hall–Kier alpha value is -2.81. The molecule has 7 heteroatoms. The fourth-order valence-corrected chi connectivity index (χ4v) is 2.91. The summed E-state index contributed by atoms with van der Waals surface area (Å²) in [5.41, 5.74) is 4.29. The molecule has 0 spiro atoms. The first kappa shape index (κ1) is 23.5. The molecule has 1 heterocycles. The highest BCUT2D eigenvalue weighted by Gasteiger charge is 2.09. The number of hydrogen-bond donors (Lipinski definition) is 2. The maximum absolute atomic E-state index is 12.0. The molecule has 2 N–H and O–H groups in total. The van der Waals surface area contributed by atoms with Gasteiger partial charge in [0.1, 0.15) is 0 Å². The number of anilines is 1. The number of nitrogens with one attached hydrogen (secondary N) is 2. The van der Waals surface area contributed by atoms with E-state index in [1.807, 2.05) is 31.3 Å². The zero-order valence-electron chi connectivity index (χ0n) is 17.4. The van der Waals surface area contributed by atoms with Gasteiger partial charge in [-0.2, -0.15) is 0 Å². The van der Waals surface area contributed by atoms with Gasteiger partial charge in [-0.1, -0.05) is 42.0 Å². The van der Waals surface area contributed by atoms with Gasteiger partial charge in [0.2, 0.25) is 0 Å². The monoisotopic (exact) mass is 518 g/mol. The summed E-state index contributed by atoms with van der Waals surface area (Å²) < 4.78 is 5.10. The van der Waals surface area contributed by atoms with E-state index in [4.69, 9.17) is 4.42 Å². The van der Waals surface area contributed by atoms with Crippen molar-refractivity contribution < 1.29 is 9.21 Å². The largest absolute Gasteiger partial charge is 0.459 e. The molecule has 0 saturated carbocycles. The summed E-state index contributed by atoms with van der Waals surface area (Å²) >= 11 is 0. The van der Waals surface area contributed by atoms with E-state index in [1.165, 1.54) is 17.4 Å². The highest BCUT2D eigenvalue weighted by Crippen LogP contribution is 2.12. The molecule has 0 fully saturated rings. The predicted octanol–water partition coefficient (Wildman–Crippen LogP) is 4.67. The van der Waals surface area contributed by atoms with Crippen molar-refractivity contribution in [2.45, 2.75) is 20.0 Å². The number of carbonyl (C=O) groups is 1. The van der Waals surface area contributed by atoms with Gasteiger partial charge in [0.25, 0.3) is 5.91 Å². The number of benzene rings is 2. The Morgan fingerprint density at radius 3 is 2.30 bits per heavy atom. The second-order valence-electron chi connectivity index (χ2n) is 6.87. The number of carbonyl (C=O) groups excluding carboxylic acids is 1. The average molecular weight is 518 g/mol.